The lowest BCUT2D eigenvalue weighted by atomic mass is 9.74. The second kappa shape index (κ2) is 10.8. The molecule has 0 heterocycles. The highest BCUT2D eigenvalue weighted by Gasteiger charge is 2.54. The molecule has 8 heteroatoms. The van der Waals surface area contributed by atoms with Crippen molar-refractivity contribution >= 4 is 21.0 Å². The van der Waals surface area contributed by atoms with Crippen LogP contribution in [0, 0.1) is 11.8 Å². The van der Waals surface area contributed by atoms with E-state index < -0.39 is 31.3 Å². The Kier molecular flexibility index (Phi) is 7.76. The van der Waals surface area contributed by atoms with Gasteiger partial charge in [0.15, 0.2) is 0 Å². The Bertz CT molecular complexity index is 1470. The number of benzene rings is 3. The van der Waals surface area contributed by atoms with E-state index in [9.17, 15) is 12.6 Å². The van der Waals surface area contributed by atoms with Crippen LogP contribution in [-0.4, -0.2) is 24.4 Å². The summed E-state index contributed by atoms with van der Waals surface area (Å²) in [4.78, 5) is 0.225. The normalized spacial score (nSPS) is 23.6. The van der Waals surface area contributed by atoms with Crippen molar-refractivity contribution in [3.05, 3.63) is 95.1 Å². The highest BCUT2D eigenvalue weighted by atomic mass is 32.2. The first-order valence-electron chi connectivity index (χ1n) is 13.6. The van der Waals surface area contributed by atoms with E-state index in [1.807, 2.05) is 51.1 Å². The van der Waals surface area contributed by atoms with Crippen molar-refractivity contribution in [1.82, 2.24) is 9.44 Å². The van der Waals surface area contributed by atoms with Crippen LogP contribution >= 0.6 is 0 Å². The van der Waals surface area contributed by atoms with E-state index in [1.54, 1.807) is 18.2 Å². The van der Waals surface area contributed by atoms with Gasteiger partial charge in [-0.3, -0.25) is 0 Å². The van der Waals surface area contributed by atoms with Gasteiger partial charge >= 0.3 is 0 Å². The summed E-state index contributed by atoms with van der Waals surface area (Å²) in [6.45, 7) is 6.41. The molecule has 2 aliphatic carbocycles. The fourth-order valence-electron chi connectivity index (χ4n) is 6.11. The largest absolute Gasteiger partial charge is 0.489 e. The van der Waals surface area contributed by atoms with Gasteiger partial charge in [-0.25, -0.2) is 22.1 Å². The zero-order chi connectivity index (χ0) is 27.8. The summed E-state index contributed by atoms with van der Waals surface area (Å²) in [5, 5.41) is 0. The average molecular weight is 567 g/mol. The molecule has 1 saturated carbocycles. The second-order valence-corrected chi connectivity index (χ2v) is 15.5. The second-order valence-electron chi connectivity index (χ2n) is 11.7. The molecule has 0 aromatic heterocycles. The molecule has 0 saturated heterocycles. The van der Waals surface area contributed by atoms with Gasteiger partial charge in [0.25, 0.3) is 0 Å². The quantitative estimate of drug-likeness (QED) is 0.390. The van der Waals surface area contributed by atoms with Crippen LogP contribution in [0.15, 0.2) is 77.7 Å². The Morgan fingerprint density at radius 1 is 0.923 bits per heavy atom. The first-order valence-corrected chi connectivity index (χ1v) is 16.2. The van der Waals surface area contributed by atoms with Crippen LogP contribution in [0.3, 0.4) is 0 Å². The SMILES string of the molecule is CNS(=O)(=O)c1cccc([C@@]2(NS(=O)C(C)(C)C)[C@@H]3CC[C@H]2Cc2cc(OCc4ccccc4)ccc2C3)c1. The standard InChI is InChI=1S/C31H38N2O4S2/c1-30(2,3)38(34)33-31(25-11-8-12-29(20-25)39(35,36)32-4)26-14-15-27(31)18-24-19-28(16-13-23(24)17-26)37-21-22-9-6-5-7-10-22/h5-13,16,19-20,26-27,32-33H,14-15,17-18,21H2,1-4H3/t26-,27+,31-,38?/m1/s1. The number of hydrogen-bond acceptors (Lipinski definition) is 4. The molecule has 2 bridgehead atoms. The smallest absolute Gasteiger partial charge is 0.240 e. The third kappa shape index (κ3) is 5.57. The van der Waals surface area contributed by atoms with Gasteiger partial charge in [0, 0.05) is 0 Å². The van der Waals surface area contributed by atoms with Gasteiger partial charge in [0.1, 0.15) is 12.4 Å². The van der Waals surface area contributed by atoms with Gasteiger partial charge in [0.05, 0.1) is 26.2 Å². The van der Waals surface area contributed by atoms with Crippen LogP contribution in [0.25, 0.3) is 0 Å². The molecule has 3 aromatic rings. The number of nitrogens with one attached hydrogen (secondary N) is 2. The molecule has 1 fully saturated rings. The highest BCUT2D eigenvalue weighted by molar-refractivity contribution is 7.89. The maximum atomic E-state index is 13.7. The number of ether oxygens (including phenoxy) is 1. The molecule has 0 aliphatic heterocycles. The summed E-state index contributed by atoms with van der Waals surface area (Å²) >= 11 is 0. The van der Waals surface area contributed by atoms with Gasteiger partial charge < -0.3 is 4.74 Å². The zero-order valence-corrected chi connectivity index (χ0v) is 24.7. The first-order chi connectivity index (χ1) is 18.5. The van der Waals surface area contributed by atoms with E-state index >= 15 is 0 Å². The number of rotatable bonds is 8. The Balaban J connectivity index is 1.53. The molecule has 2 N–H and O–H groups in total. The molecular formula is C31H38N2O4S2. The summed E-state index contributed by atoms with van der Waals surface area (Å²) in [5.41, 5.74) is 3.91. The lowest BCUT2D eigenvalue weighted by Crippen LogP contribution is -2.54. The van der Waals surface area contributed by atoms with Gasteiger partial charge in [-0.15, -0.1) is 0 Å². The van der Waals surface area contributed by atoms with E-state index in [0.29, 0.717) is 6.61 Å². The van der Waals surface area contributed by atoms with Gasteiger partial charge in [-0.05, 0) is 112 Å². The Labute approximate surface area is 235 Å². The molecule has 3 aromatic carbocycles. The van der Waals surface area contributed by atoms with Crippen LogP contribution in [0.5, 0.6) is 5.75 Å². The molecule has 6 nitrogen and oxygen atoms in total. The molecular weight excluding hydrogens is 528 g/mol. The van der Waals surface area contributed by atoms with E-state index in [2.05, 4.69) is 33.7 Å². The summed E-state index contributed by atoms with van der Waals surface area (Å²) in [6.07, 6.45) is 3.57. The van der Waals surface area contributed by atoms with Crippen molar-refractivity contribution in [3.8, 4) is 5.75 Å². The minimum absolute atomic E-state index is 0.145. The molecule has 208 valence electrons. The predicted molar refractivity (Wildman–Crippen MR) is 156 cm³/mol. The Morgan fingerprint density at radius 2 is 1.62 bits per heavy atom. The van der Waals surface area contributed by atoms with Crippen LogP contribution in [0.2, 0.25) is 0 Å². The molecule has 2 aliphatic rings. The molecule has 0 radical (unpaired) electrons. The van der Waals surface area contributed by atoms with Crippen molar-refractivity contribution in [2.45, 2.75) is 68.2 Å². The maximum absolute atomic E-state index is 13.7. The van der Waals surface area contributed by atoms with E-state index in [4.69, 9.17) is 4.74 Å². The van der Waals surface area contributed by atoms with E-state index in [-0.39, 0.29) is 16.7 Å². The van der Waals surface area contributed by atoms with Crippen LogP contribution in [0.1, 0.15) is 55.9 Å². The van der Waals surface area contributed by atoms with E-state index in [0.717, 1.165) is 42.6 Å². The molecule has 0 amide bonds. The predicted octanol–water partition coefficient (Wildman–Crippen LogP) is 5.25. The average Bonchev–Trinajstić information content (AvgIpc) is 3.18. The zero-order valence-electron chi connectivity index (χ0n) is 23.1. The highest BCUT2D eigenvalue weighted by Crippen LogP contribution is 2.54. The summed E-state index contributed by atoms with van der Waals surface area (Å²) in [7, 11) is -3.55. The van der Waals surface area contributed by atoms with Crippen LogP contribution in [0.4, 0.5) is 0 Å². The van der Waals surface area contributed by atoms with Gasteiger partial charge in [-0.2, -0.15) is 0 Å². The van der Waals surface area contributed by atoms with Crippen molar-refractivity contribution in [2.75, 3.05) is 7.05 Å². The molecule has 5 rings (SSSR count). The summed E-state index contributed by atoms with van der Waals surface area (Å²) in [6, 6.07) is 23.7. The van der Waals surface area contributed by atoms with Crippen LogP contribution < -0.4 is 14.2 Å². The lowest BCUT2D eigenvalue weighted by Gasteiger charge is -2.42. The minimum Gasteiger partial charge on any atom is -0.489 e. The number of hydrogen-bond donors (Lipinski definition) is 2. The van der Waals surface area contributed by atoms with Crippen LogP contribution in [-0.2, 0) is 46.0 Å². The fraction of sp³-hybridized carbons (Fsp3) is 0.419. The van der Waals surface area contributed by atoms with Gasteiger partial charge in [0.2, 0.25) is 10.0 Å². The molecule has 39 heavy (non-hydrogen) atoms. The summed E-state index contributed by atoms with van der Waals surface area (Å²) in [5.74, 6) is 1.15. The third-order valence-electron chi connectivity index (χ3n) is 8.22. The minimum atomic E-state index is -3.63. The molecule has 0 spiro atoms. The molecule has 1 unspecified atom stereocenters. The monoisotopic (exact) mass is 566 g/mol. The number of sulfonamides is 1. The molecule has 4 atom stereocenters. The van der Waals surface area contributed by atoms with Crippen molar-refractivity contribution in [1.29, 1.82) is 0 Å². The summed E-state index contributed by atoms with van der Waals surface area (Å²) < 4.78 is 50.9. The third-order valence-corrected chi connectivity index (χ3v) is 11.3. The lowest BCUT2D eigenvalue weighted by molar-refractivity contribution is 0.228. The number of fused-ring (bicyclic) bond motifs is 3. The van der Waals surface area contributed by atoms with Crippen molar-refractivity contribution in [3.63, 3.8) is 0 Å². The van der Waals surface area contributed by atoms with Crippen molar-refractivity contribution in [2.24, 2.45) is 11.8 Å². The van der Waals surface area contributed by atoms with Crippen molar-refractivity contribution < 1.29 is 17.4 Å². The van der Waals surface area contributed by atoms with E-state index in [1.165, 1.54) is 18.2 Å². The first kappa shape index (κ1) is 28.0. The fourth-order valence-corrected chi connectivity index (χ4v) is 7.95. The Hall–Kier alpha value is -2.52. The van der Waals surface area contributed by atoms with Gasteiger partial charge in [-0.1, -0.05) is 48.5 Å². The maximum Gasteiger partial charge on any atom is 0.240 e. The Morgan fingerprint density at radius 3 is 2.28 bits per heavy atom. The topological polar surface area (TPSA) is 84.5 Å².